The van der Waals surface area contributed by atoms with E-state index in [1.807, 2.05) is 0 Å². The van der Waals surface area contributed by atoms with Gasteiger partial charge in [-0.25, -0.2) is 9.18 Å². The molecule has 0 spiro atoms. The van der Waals surface area contributed by atoms with Crippen molar-refractivity contribution >= 4 is 5.97 Å². The Bertz CT molecular complexity index is 415. The summed E-state index contributed by atoms with van der Waals surface area (Å²) in [6.07, 6.45) is -4.57. The highest BCUT2D eigenvalue weighted by Crippen LogP contribution is 2.23. The van der Waals surface area contributed by atoms with Gasteiger partial charge in [-0.3, -0.25) is 0 Å². The largest absolute Gasteiger partial charge is 0.483 e. The van der Waals surface area contributed by atoms with Gasteiger partial charge in [-0.1, -0.05) is 0 Å². The van der Waals surface area contributed by atoms with Gasteiger partial charge in [0.05, 0.1) is 7.11 Å². The summed E-state index contributed by atoms with van der Waals surface area (Å²) >= 11 is 0. The summed E-state index contributed by atoms with van der Waals surface area (Å²) in [5.74, 6) is -2.22. The molecule has 0 bridgehead atoms. The van der Waals surface area contributed by atoms with E-state index in [9.17, 15) is 22.4 Å². The SMILES string of the molecule is COC(=O)c1ccc(F)cc1OCC(F)(F)F. The standard InChI is InChI=1S/C10H8F4O3/c1-16-9(15)7-3-2-6(11)4-8(7)17-5-10(12,13)14/h2-4H,5H2,1H3. The number of benzene rings is 1. The van der Waals surface area contributed by atoms with Gasteiger partial charge in [0.1, 0.15) is 17.1 Å². The first-order valence-electron chi connectivity index (χ1n) is 4.41. The summed E-state index contributed by atoms with van der Waals surface area (Å²) in [6, 6.07) is 2.61. The monoisotopic (exact) mass is 252 g/mol. The molecule has 0 unspecified atom stereocenters. The van der Waals surface area contributed by atoms with Crippen LogP contribution < -0.4 is 4.74 Å². The second-order valence-corrected chi connectivity index (χ2v) is 3.04. The molecule has 94 valence electrons. The van der Waals surface area contributed by atoms with Crippen LogP contribution in [0.3, 0.4) is 0 Å². The number of methoxy groups -OCH3 is 1. The van der Waals surface area contributed by atoms with Crippen LogP contribution in [0.2, 0.25) is 0 Å². The molecule has 0 amide bonds. The van der Waals surface area contributed by atoms with Crippen molar-refractivity contribution in [1.29, 1.82) is 0 Å². The minimum Gasteiger partial charge on any atom is -0.483 e. The summed E-state index contributed by atoms with van der Waals surface area (Å²) in [6.45, 7) is -1.61. The molecule has 0 aliphatic carbocycles. The van der Waals surface area contributed by atoms with Crippen LogP contribution in [0.4, 0.5) is 17.6 Å². The van der Waals surface area contributed by atoms with Crippen molar-refractivity contribution in [2.45, 2.75) is 6.18 Å². The Kier molecular flexibility index (Phi) is 3.93. The minimum absolute atomic E-state index is 0.266. The predicted molar refractivity (Wildman–Crippen MR) is 49.3 cm³/mol. The third kappa shape index (κ3) is 3.93. The first-order valence-corrected chi connectivity index (χ1v) is 4.41. The fourth-order valence-corrected chi connectivity index (χ4v) is 1.05. The lowest BCUT2D eigenvalue weighted by Crippen LogP contribution is -2.20. The van der Waals surface area contributed by atoms with Crippen molar-refractivity contribution in [3.05, 3.63) is 29.6 Å². The highest BCUT2D eigenvalue weighted by molar-refractivity contribution is 5.92. The predicted octanol–water partition coefficient (Wildman–Crippen LogP) is 2.55. The molecule has 0 saturated carbocycles. The van der Waals surface area contributed by atoms with Crippen LogP contribution in [0.15, 0.2) is 18.2 Å². The van der Waals surface area contributed by atoms with E-state index in [0.717, 1.165) is 19.2 Å². The zero-order chi connectivity index (χ0) is 13.1. The van der Waals surface area contributed by atoms with Crippen LogP contribution in [-0.2, 0) is 4.74 Å². The lowest BCUT2D eigenvalue weighted by atomic mass is 10.2. The summed E-state index contributed by atoms with van der Waals surface area (Å²) in [4.78, 5) is 11.2. The second-order valence-electron chi connectivity index (χ2n) is 3.04. The van der Waals surface area contributed by atoms with Crippen LogP contribution in [0, 0.1) is 5.82 Å². The third-order valence-electron chi connectivity index (χ3n) is 1.74. The highest BCUT2D eigenvalue weighted by atomic mass is 19.4. The number of hydrogen-bond acceptors (Lipinski definition) is 3. The third-order valence-corrected chi connectivity index (χ3v) is 1.74. The fourth-order valence-electron chi connectivity index (χ4n) is 1.05. The summed E-state index contributed by atoms with van der Waals surface area (Å²) < 4.78 is 57.3. The minimum atomic E-state index is -4.57. The average Bonchev–Trinajstić information content (AvgIpc) is 2.24. The van der Waals surface area contributed by atoms with Crippen LogP contribution >= 0.6 is 0 Å². The Balaban J connectivity index is 2.95. The summed E-state index contributed by atoms with van der Waals surface area (Å²) in [5.41, 5.74) is -0.266. The number of carbonyl (C=O) groups excluding carboxylic acids is 1. The van der Waals surface area contributed by atoms with E-state index >= 15 is 0 Å². The number of esters is 1. The number of carbonyl (C=O) groups is 1. The van der Waals surface area contributed by atoms with Crippen molar-refractivity contribution in [2.75, 3.05) is 13.7 Å². The van der Waals surface area contributed by atoms with Gasteiger partial charge in [-0.2, -0.15) is 13.2 Å². The normalized spacial score (nSPS) is 11.1. The lowest BCUT2D eigenvalue weighted by Gasteiger charge is -2.12. The molecule has 0 radical (unpaired) electrons. The van der Waals surface area contributed by atoms with Crippen molar-refractivity contribution in [3.63, 3.8) is 0 Å². The molecule has 0 saturated heterocycles. The Morgan fingerprint density at radius 3 is 2.53 bits per heavy atom. The van der Waals surface area contributed by atoms with Gasteiger partial charge in [0, 0.05) is 6.07 Å². The van der Waals surface area contributed by atoms with E-state index in [1.165, 1.54) is 0 Å². The van der Waals surface area contributed by atoms with Gasteiger partial charge >= 0.3 is 12.1 Å². The maximum absolute atomic E-state index is 12.8. The van der Waals surface area contributed by atoms with Gasteiger partial charge in [0.25, 0.3) is 0 Å². The topological polar surface area (TPSA) is 35.5 Å². The summed E-state index contributed by atoms with van der Waals surface area (Å²) in [7, 11) is 1.05. The first-order chi connectivity index (χ1) is 7.83. The van der Waals surface area contributed by atoms with E-state index in [2.05, 4.69) is 9.47 Å². The molecule has 1 aromatic carbocycles. The lowest BCUT2D eigenvalue weighted by molar-refractivity contribution is -0.153. The Hall–Kier alpha value is -1.79. The number of halogens is 4. The van der Waals surface area contributed by atoms with Crippen molar-refractivity contribution in [3.8, 4) is 5.75 Å². The molecule has 1 aromatic rings. The first kappa shape index (κ1) is 13.3. The molecule has 0 fully saturated rings. The van der Waals surface area contributed by atoms with Crippen LogP contribution in [0.5, 0.6) is 5.75 Å². The molecule has 3 nitrogen and oxygen atoms in total. The van der Waals surface area contributed by atoms with E-state index in [1.54, 1.807) is 0 Å². The van der Waals surface area contributed by atoms with Crippen LogP contribution in [0.1, 0.15) is 10.4 Å². The van der Waals surface area contributed by atoms with Crippen molar-refractivity contribution in [1.82, 2.24) is 0 Å². The molecule has 17 heavy (non-hydrogen) atoms. The molecule has 0 aromatic heterocycles. The average molecular weight is 252 g/mol. The van der Waals surface area contributed by atoms with Crippen molar-refractivity contribution in [2.24, 2.45) is 0 Å². The van der Waals surface area contributed by atoms with Crippen LogP contribution in [-0.4, -0.2) is 25.9 Å². The molecule has 0 heterocycles. The zero-order valence-electron chi connectivity index (χ0n) is 8.68. The van der Waals surface area contributed by atoms with Gasteiger partial charge in [-0.15, -0.1) is 0 Å². The molecular formula is C10H8F4O3. The number of hydrogen-bond donors (Lipinski definition) is 0. The molecule has 0 aliphatic heterocycles. The number of alkyl halides is 3. The smallest absolute Gasteiger partial charge is 0.422 e. The Morgan fingerprint density at radius 1 is 1.35 bits per heavy atom. The van der Waals surface area contributed by atoms with Gasteiger partial charge in [0.15, 0.2) is 6.61 Å². The Labute approximate surface area is 93.9 Å². The van der Waals surface area contributed by atoms with Gasteiger partial charge in [-0.05, 0) is 12.1 Å². The number of rotatable bonds is 3. The number of ether oxygens (including phenoxy) is 2. The molecule has 0 aliphatic rings. The second kappa shape index (κ2) is 5.03. The van der Waals surface area contributed by atoms with E-state index in [-0.39, 0.29) is 5.56 Å². The van der Waals surface area contributed by atoms with Crippen molar-refractivity contribution < 1.29 is 31.8 Å². The molecule has 0 atom stereocenters. The fraction of sp³-hybridized carbons (Fsp3) is 0.300. The maximum Gasteiger partial charge on any atom is 0.422 e. The molecule has 1 rings (SSSR count). The molecular weight excluding hydrogens is 244 g/mol. The highest BCUT2D eigenvalue weighted by Gasteiger charge is 2.29. The molecule has 0 N–H and O–H groups in total. The van der Waals surface area contributed by atoms with E-state index in [0.29, 0.717) is 6.07 Å². The zero-order valence-corrected chi connectivity index (χ0v) is 8.68. The van der Waals surface area contributed by atoms with E-state index in [4.69, 9.17) is 0 Å². The maximum atomic E-state index is 12.8. The van der Waals surface area contributed by atoms with Gasteiger partial charge < -0.3 is 9.47 Å². The van der Waals surface area contributed by atoms with Gasteiger partial charge in [0.2, 0.25) is 0 Å². The van der Waals surface area contributed by atoms with E-state index < -0.39 is 30.3 Å². The summed E-state index contributed by atoms with van der Waals surface area (Å²) in [5, 5.41) is 0. The van der Waals surface area contributed by atoms with Crippen LogP contribution in [0.25, 0.3) is 0 Å². The quantitative estimate of drug-likeness (QED) is 0.612. The Morgan fingerprint density at radius 2 is 2.00 bits per heavy atom. The molecule has 7 heteroatoms.